The summed E-state index contributed by atoms with van der Waals surface area (Å²) in [6, 6.07) is 29.0. The molecule has 0 fully saturated rings. The van der Waals surface area contributed by atoms with Crippen LogP contribution >= 0.6 is 11.3 Å². The number of hydrogen-bond donors (Lipinski definition) is 3. The smallest absolute Gasteiger partial charge is 0.260 e. The number of amides is 1. The number of fused-ring (bicyclic) bond motifs is 1. The first kappa shape index (κ1) is 22.1. The number of nitriles is 1. The van der Waals surface area contributed by atoms with Crippen LogP contribution in [0.15, 0.2) is 84.9 Å². The van der Waals surface area contributed by atoms with Crippen molar-refractivity contribution in [2.24, 2.45) is 0 Å². The van der Waals surface area contributed by atoms with E-state index in [1.165, 1.54) is 11.3 Å². The van der Waals surface area contributed by atoms with Crippen LogP contribution in [0.5, 0.6) is 0 Å². The Morgan fingerprint density at radius 2 is 1.66 bits per heavy atom. The van der Waals surface area contributed by atoms with Crippen LogP contribution in [-0.2, 0) is 0 Å². The molecule has 0 unspecified atom stereocenters. The summed E-state index contributed by atoms with van der Waals surface area (Å²) in [7, 11) is 0. The SMILES string of the molecule is Cc1cccc(NC(=O)c2c(Nc3ccccc3)sc3c(-c4ccccc4)c(C#N)c(N)nc23)c1. The van der Waals surface area contributed by atoms with Crippen LogP contribution in [0.4, 0.5) is 22.2 Å². The largest absolute Gasteiger partial charge is 0.383 e. The highest BCUT2D eigenvalue weighted by Gasteiger charge is 2.26. The lowest BCUT2D eigenvalue weighted by Crippen LogP contribution is -2.13. The average molecular weight is 476 g/mol. The zero-order valence-corrected chi connectivity index (χ0v) is 19.7. The number of carbonyl (C=O) groups excluding carboxylic acids is 1. The molecule has 0 aliphatic carbocycles. The Hall–Kier alpha value is -4.67. The second-order valence-corrected chi connectivity index (χ2v) is 9.04. The first-order chi connectivity index (χ1) is 17.0. The van der Waals surface area contributed by atoms with Crippen molar-refractivity contribution in [2.45, 2.75) is 6.92 Å². The van der Waals surface area contributed by atoms with Gasteiger partial charge in [-0.15, -0.1) is 11.3 Å². The van der Waals surface area contributed by atoms with Gasteiger partial charge in [-0.3, -0.25) is 4.79 Å². The summed E-state index contributed by atoms with van der Waals surface area (Å²) >= 11 is 1.38. The summed E-state index contributed by atoms with van der Waals surface area (Å²) in [5.41, 5.74) is 11.4. The zero-order chi connectivity index (χ0) is 24.4. The molecule has 0 radical (unpaired) electrons. The van der Waals surface area contributed by atoms with E-state index in [4.69, 9.17) is 5.73 Å². The van der Waals surface area contributed by atoms with E-state index in [2.05, 4.69) is 21.7 Å². The molecule has 7 heteroatoms. The van der Waals surface area contributed by atoms with E-state index in [0.29, 0.717) is 32.9 Å². The van der Waals surface area contributed by atoms with Gasteiger partial charge in [-0.1, -0.05) is 60.7 Å². The lowest BCUT2D eigenvalue weighted by Gasteiger charge is -2.10. The maximum atomic E-state index is 13.6. The van der Waals surface area contributed by atoms with Gasteiger partial charge in [0.1, 0.15) is 28.0 Å². The highest BCUT2D eigenvalue weighted by molar-refractivity contribution is 7.24. The molecular weight excluding hydrogens is 454 g/mol. The molecule has 5 aromatic rings. The van der Waals surface area contributed by atoms with Crippen LogP contribution in [0.25, 0.3) is 21.3 Å². The number of rotatable bonds is 5. The highest BCUT2D eigenvalue weighted by atomic mass is 32.1. The van der Waals surface area contributed by atoms with E-state index in [1.807, 2.05) is 91.9 Å². The van der Waals surface area contributed by atoms with Crippen LogP contribution < -0.4 is 16.4 Å². The molecule has 0 bridgehead atoms. The maximum absolute atomic E-state index is 13.6. The third-order valence-corrected chi connectivity index (χ3v) is 6.67. The summed E-state index contributed by atoms with van der Waals surface area (Å²) in [6.45, 7) is 1.97. The van der Waals surface area contributed by atoms with Crippen molar-refractivity contribution in [2.75, 3.05) is 16.4 Å². The minimum atomic E-state index is -0.309. The Bertz CT molecular complexity index is 1590. The van der Waals surface area contributed by atoms with Gasteiger partial charge in [-0.2, -0.15) is 5.26 Å². The number of thiophene rings is 1. The molecule has 5 rings (SSSR count). The predicted octanol–water partition coefficient (Wildman–Crippen LogP) is 6.72. The fourth-order valence-electron chi connectivity index (χ4n) is 3.98. The number of aromatic nitrogens is 1. The van der Waals surface area contributed by atoms with Crippen molar-refractivity contribution < 1.29 is 4.79 Å². The monoisotopic (exact) mass is 475 g/mol. The third kappa shape index (κ3) is 4.31. The average Bonchev–Trinajstić information content (AvgIpc) is 3.21. The summed E-state index contributed by atoms with van der Waals surface area (Å²) < 4.78 is 0.717. The Kier molecular flexibility index (Phi) is 5.88. The number of benzene rings is 3. The molecule has 1 amide bonds. The van der Waals surface area contributed by atoms with Gasteiger partial charge in [0, 0.05) is 16.9 Å². The molecule has 0 aliphatic heterocycles. The topological polar surface area (TPSA) is 104 Å². The lowest BCUT2D eigenvalue weighted by atomic mass is 10.00. The molecule has 170 valence electrons. The molecule has 35 heavy (non-hydrogen) atoms. The van der Waals surface area contributed by atoms with E-state index < -0.39 is 0 Å². The lowest BCUT2D eigenvalue weighted by molar-refractivity contribution is 0.102. The molecule has 2 aromatic heterocycles. The summed E-state index contributed by atoms with van der Waals surface area (Å²) in [4.78, 5) is 18.2. The number of nitrogens with zero attached hydrogens (tertiary/aromatic N) is 2. The van der Waals surface area contributed by atoms with E-state index in [-0.39, 0.29) is 11.7 Å². The van der Waals surface area contributed by atoms with Crippen molar-refractivity contribution in [1.29, 1.82) is 5.26 Å². The third-order valence-electron chi connectivity index (χ3n) is 5.56. The normalized spacial score (nSPS) is 10.6. The van der Waals surface area contributed by atoms with Gasteiger partial charge in [0.05, 0.1) is 10.2 Å². The fourth-order valence-corrected chi connectivity index (χ4v) is 5.21. The van der Waals surface area contributed by atoms with Gasteiger partial charge in [-0.25, -0.2) is 4.98 Å². The van der Waals surface area contributed by atoms with Gasteiger partial charge in [-0.05, 0) is 42.3 Å². The summed E-state index contributed by atoms with van der Waals surface area (Å²) in [5.74, 6) is -0.219. The number of pyridine rings is 1. The molecule has 0 saturated carbocycles. The van der Waals surface area contributed by atoms with Crippen molar-refractivity contribution in [1.82, 2.24) is 4.98 Å². The van der Waals surface area contributed by atoms with Crippen molar-refractivity contribution >= 4 is 49.7 Å². The predicted molar refractivity (Wildman–Crippen MR) is 143 cm³/mol. The van der Waals surface area contributed by atoms with Gasteiger partial charge < -0.3 is 16.4 Å². The molecule has 0 aliphatic rings. The maximum Gasteiger partial charge on any atom is 0.260 e. The van der Waals surface area contributed by atoms with Gasteiger partial charge >= 0.3 is 0 Å². The van der Waals surface area contributed by atoms with Crippen LogP contribution in [-0.4, -0.2) is 10.9 Å². The van der Waals surface area contributed by atoms with Crippen molar-refractivity contribution in [3.05, 3.63) is 102 Å². The van der Waals surface area contributed by atoms with Crippen LogP contribution in [0.1, 0.15) is 21.5 Å². The first-order valence-corrected chi connectivity index (χ1v) is 11.8. The molecule has 0 atom stereocenters. The Morgan fingerprint density at radius 3 is 2.34 bits per heavy atom. The van der Waals surface area contributed by atoms with Crippen molar-refractivity contribution in [3.8, 4) is 17.2 Å². The molecular formula is C28H21N5OS. The first-order valence-electron chi connectivity index (χ1n) is 11.0. The van der Waals surface area contributed by atoms with Gasteiger partial charge in [0.25, 0.3) is 5.91 Å². The zero-order valence-electron chi connectivity index (χ0n) is 18.9. The van der Waals surface area contributed by atoms with Crippen molar-refractivity contribution in [3.63, 3.8) is 0 Å². The van der Waals surface area contributed by atoms with Gasteiger partial charge in [0.15, 0.2) is 0 Å². The van der Waals surface area contributed by atoms with Gasteiger partial charge in [0.2, 0.25) is 0 Å². The number of nitrogens with one attached hydrogen (secondary N) is 2. The number of nitrogen functional groups attached to an aromatic ring is 1. The van der Waals surface area contributed by atoms with E-state index in [0.717, 1.165) is 21.5 Å². The number of para-hydroxylation sites is 1. The number of anilines is 4. The van der Waals surface area contributed by atoms with E-state index in [1.54, 1.807) is 0 Å². The Labute approximate surface area is 206 Å². The molecule has 6 nitrogen and oxygen atoms in total. The van der Waals surface area contributed by atoms with Crippen LogP contribution in [0.3, 0.4) is 0 Å². The second kappa shape index (κ2) is 9.29. The summed E-state index contributed by atoms with van der Waals surface area (Å²) in [5, 5.41) is 16.9. The standard InChI is InChI=1S/C28H21N5OS/c1-17-9-8-14-20(15-17)31-27(34)23-24-25(35-28(23)32-19-12-6-3-7-13-19)22(18-10-4-2-5-11-18)21(16-29)26(30)33-24/h2-15,32H,1H3,(H2,30,33)(H,31,34). The van der Waals surface area contributed by atoms with E-state index >= 15 is 0 Å². The van der Waals surface area contributed by atoms with E-state index in [9.17, 15) is 10.1 Å². The highest BCUT2D eigenvalue weighted by Crippen LogP contribution is 2.44. The Morgan fingerprint density at radius 1 is 0.971 bits per heavy atom. The second-order valence-electron chi connectivity index (χ2n) is 8.02. The number of carbonyl (C=O) groups is 1. The Balaban J connectivity index is 1.75. The number of hydrogen-bond acceptors (Lipinski definition) is 6. The number of nitrogens with two attached hydrogens (primary N) is 1. The van der Waals surface area contributed by atoms with Crippen LogP contribution in [0.2, 0.25) is 0 Å². The minimum Gasteiger partial charge on any atom is -0.383 e. The molecule has 0 saturated heterocycles. The fraction of sp³-hybridized carbons (Fsp3) is 0.0357. The minimum absolute atomic E-state index is 0.0903. The quantitative estimate of drug-likeness (QED) is 0.262. The molecule has 3 aromatic carbocycles. The molecule has 0 spiro atoms. The summed E-state index contributed by atoms with van der Waals surface area (Å²) in [6.07, 6.45) is 0. The number of aryl methyl sites for hydroxylation is 1. The van der Waals surface area contributed by atoms with Crippen LogP contribution in [0, 0.1) is 18.3 Å². The molecule has 2 heterocycles. The molecule has 4 N–H and O–H groups in total.